The number of nitrogens with zero attached hydrogens (tertiary/aromatic N) is 1. The topological polar surface area (TPSA) is 37.4 Å². The second kappa shape index (κ2) is 6.86. The average molecular weight is 346 g/mol. The summed E-state index contributed by atoms with van der Waals surface area (Å²) in [6, 6.07) is 10.4. The summed E-state index contributed by atoms with van der Waals surface area (Å²) in [4.78, 5) is 2.28. The van der Waals surface area contributed by atoms with Gasteiger partial charge in [-0.05, 0) is 18.5 Å². The Morgan fingerprint density at radius 3 is 2.58 bits per heavy atom. The molecule has 1 aliphatic heterocycles. The van der Waals surface area contributed by atoms with Crippen molar-refractivity contribution in [2.45, 2.75) is 12.3 Å². The molecule has 0 radical (unpaired) electrons. The molecule has 106 valence electrons. The molecule has 0 amide bonds. The Morgan fingerprint density at radius 1 is 1.16 bits per heavy atom. The number of alkyl halides is 1. The third-order valence-electron chi connectivity index (χ3n) is 3.58. The zero-order valence-electron chi connectivity index (χ0n) is 11.0. The van der Waals surface area contributed by atoms with Gasteiger partial charge in [0.05, 0.1) is 11.5 Å². The first-order valence-corrected chi connectivity index (χ1v) is 9.59. The summed E-state index contributed by atoms with van der Waals surface area (Å²) in [5, 5.41) is 0.903. The van der Waals surface area contributed by atoms with Crippen LogP contribution in [0.2, 0.25) is 0 Å². The van der Waals surface area contributed by atoms with Crippen LogP contribution >= 0.6 is 15.9 Å². The smallest absolute Gasteiger partial charge is 0.151 e. The van der Waals surface area contributed by atoms with Crippen molar-refractivity contribution in [1.82, 2.24) is 4.90 Å². The van der Waals surface area contributed by atoms with Crippen molar-refractivity contribution in [2.75, 3.05) is 36.5 Å². The number of rotatable bonds is 4. The number of halogens is 1. The third kappa shape index (κ3) is 4.58. The molecule has 1 aliphatic rings. The zero-order chi connectivity index (χ0) is 13.7. The van der Waals surface area contributed by atoms with Crippen molar-refractivity contribution in [3.63, 3.8) is 0 Å². The van der Waals surface area contributed by atoms with Gasteiger partial charge in [0.15, 0.2) is 9.84 Å². The molecule has 0 aliphatic carbocycles. The Morgan fingerprint density at radius 2 is 1.89 bits per heavy atom. The van der Waals surface area contributed by atoms with Crippen LogP contribution in [-0.4, -0.2) is 49.8 Å². The quantitative estimate of drug-likeness (QED) is 0.785. The predicted molar refractivity (Wildman–Crippen MR) is 82.7 cm³/mol. The van der Waals surface area contributed by atoms with E-state index in [9.17, 15) is 8.42 Å². The van der Waals surface area contributed by atoms with E-state index in [1.807, 2.05) is 6.07 Å². The summed E-state index contributed by atoms with van der Waals surface area (Å²) in [6.45, 7) is 2.47. The van der Waals surface area contributed by atoms with Crippen LogP contribution in [-0.2, 0) is 9.84 Å². The average Bonchev–Trinajstić information content (AvgIpc) is 2.58. The second-order valence-corrected chi connectivity index (χ2v) is 8.02. The Bertz CT molecular complexity index is 489. The lowest BCUT2D eigenvalue weighted by Gasteiger charge is -2.25. The minimum Gasteiger partial charge on any atom is -0.302 e. The van der Waals surface area contributed by atoms with E-state index in [4.69, 9.17) is 0 Å². The summed E-state index contributed by atoms with van der Waals surface area (Å²) in [7, 11) is -2.81. The summed E-state index contributed by atoms with van der Waals surface area (Å²) in [5.41, 5.74) is 1.31. The van der Waals surface area contributed by atoms with E-state index in [2.05, 4.69) is 45.1 Å². The molecule has 0 aromatic heterocycles. The van der Waals surface area contributed by atoms with E-state index < -0.39 is 9.84 Å². The molecular formula is C14H20BrNO2S. The summed E-state index contributed by atoms with van der Waals surface area (Å²) >= 11 is 3.58. The fraction of sp³-hybridized carbons (Fsp3) is 0.571. The maximum atomic E-state index is 11.6. The van der Waals surface area contributed by atoms with E-state index in [0.29, 0.717) is 24.0 Å². The molecule has 0 bridgehead atoms. The maximum Gasteiger partial charge on any atom is 0.151 e. The van der Waals surface area contributed by atoms with Gasteiger partial charge in [-0.2, -0.15) is 0 Å². The van der Waals surface area contributed by atoms with Gasteiger partial charge < -0.3 is 4.90 Å². The highest BCUT2D eigenvalue weighted by Gasteiger charge is 2.21. The summed E-state index contributed by atoms with van der Waals surface area (Å²) < 4.78 is 23.2. The van der Waals surface area contributed by atoms with Crippen LogP contribution in [0.3, 0.4) is 0 Å². The van der Waals surface area contributed by atoms with Crippen molar-refractivity contribution in [3.05, 3.63) is 35.9 Å². The molecule has 3 nitrogen and oxygen atoms in total. The predicted octanol–water partition coefficient (Wildman–Crippen LogP) is 2.29. The zero-order valence-corrected chi connectivity index (χ0v) is 13.4. The van der Waals surface area contributed by atoms with Gasteiger partial charge in [-0.15, -0.1) is 0 Å². The molecule has 19 heavy (non-hydrogen) atoms. The molecule has 0 spiro atoms. The van der Waals surface area contributed by atoms with Gasteiger partial charge in [0, 0.05) is 24.3 Å². The van der Waals surface area contributed by atoms with Gasteiger partial charge in [-0.25, -0.2) is 8.42 Å². The van der Waals surface area contributed by atoms with E-state index in [-0.39, 0.29) is 0 Å². The number of sulfone groups is 1. The molecule has 5 heteroatoms. The Balaban J connectivity index is 1.99. The van der Waals surface area contributed by atoms with Crippen LogP contribution < -0.4 is 0 Å². The molecule has 1 atom stereocenters. The van der Waals surface area contributed by atoms with Crippen LogP contribution in [0.4, 0.5) is 0 Å². The molecule has 1 saturated heterocycles. The van der Waals surface area contributed by atoms with Crippen LogP contribution in [0.25, 0.3) is 0 Å². The van der Waals surface area contributed by atoms with E-state index in [1.165, 1.54) is 5.56 Å². The van der Waals surface area contributed by atoms with Crippen LogP contribution in [0.1, 0.15) is 17.9 Å². The van der Waals surface area contributed by atoms with E-state index >= 15 is 0 Å². The van der Waals surface area contributed by atoms with Gasteiger partial charge in [0.2, 0.25) is 0 Å². The highest BCUT2D eigenvalue weighted by Crippen LogP contribution is 2.20. The lowest BCUT2D eigenvalue weighted by molar-refractivity contribution is 0.282. The van der Waals surface area contributed by atoms with Gasteiger partial charge in [0.1, 0.15) is 0 Å². The largest absolute Gasteiger partial charge is 0.302 e. The fourth-order valence-electron chi connectivity index (χ4n) is 2.45. The monoisotopic (exact) mass is 345 g/mol. The van der Waals surface area contributed by atoms with E-state index in [0.717, 1.165) is 24.8 Å². The summed E-state index contributed by atoms with van der Waals surface area (Å²) in [5.74, 6) is 1.06. The fourth-order valence-corrected chi connectivity index (χ4v) is 4.34. The molecule has 2 rings (SSSR count). The second-order valence-electron chi connectivity index (χ2n) is 5.07. The van der Waals surface area contributed by atoms with Crippen LogP contribution in [0.5, 0.6) is 0 Å². The summed E-state index contributed by atoms with van der Waals surface area (Å²) in [6.07, 6.45) is 0.756. The molecular weight excluding hydrogens is 326 g/mol. The number of benzene rings is 1. The van der Waals surface area contributed by atoms with Crippen LogP contribution in [0.15, 0.2) is 30.3 Å². The number of hydrogen-bond donors (Lipinski definition) is 0. The molecule has 0 N–H and O–H groups in total. The third-order valence-corrected chi connectivity index (χ3v) is 6.08. The van der Waals surface area contributed by atoms with Crippen molar-refractivity contribution in [1.29, 1.82) is 0 Å². The Hall–Kier alpha value is -0.390. The normalized spacial score (nSPS) is 21.7. The first-order valence-electron chi connectivity index (χ1n) is 6.64. The van der Waals surface area contributed by atoms with Crippen LogP contribution in [0, 0.1) is 0 Å². The standard InChI is InChI=1S/C14H20BrNO2S/c15-11-14(13-5-2-1-3-6-13)12-16-7-4-9-19(17,18)10-8-16/h1-3,5-6,14H,4,7-12H2. The highest BCUT2D eigenvalue weighted by atomic mass is 79.9. The molecule has 1 unspecified atom stereocenters. The molecule has 1 aromatic rings. The van der Waals surface area contributed by atoms with Gasteiger partial charge in [0.25, 0.3) is 0 Å². The van der Waals surface area contributed by atoms with Crippen molar-refractivity contribution in [2.24, 2.45) is 0 Å². The lowest BCUT2D eigenvalue weighted by atomic mass is 10.0. The number of hydrogen-bond acceptors (Lipinski definition) is 3. The van der Waals surface area contributed by atoms with Crippen molar-refractivity contribution >= 4 is 25.8 Å². The lowest BCUT2D eigenvalue weighted by Crippen LogP contribution is -2.32. The Labute approximate surface area is 124 Å². The van der Waals surface area contributed by atoms with E-state index in [1.54, 1.807) is 0 Å². The van der Waals surface area contributed by atoms with Crippen molar-refractivity contribution in [3.8, 4) is 0 Å². The van der Waals surface area contributed by atoms with Gasteiger partial charge >= 0.3 is 0 Å². The van der Waals surface area contributed by atoms with Gasteiger partial charge in [-0.3, -0.25) is 0 Å². The maximum absolute atomic E-state index is 11.6. The SMILES string of the molecule is O=S1(=O)CCCN(CC(CBr)c2ccccc2)CC1. The molecule has 1 heterocycles. The molecule has 1 aromatic carbocycles. The molecule has 1 fully saturated rings. The minimum absolute atomic E-state index is 0.302. The Kier molecular flexibility index (Phi) is 5.42. The van der Waals surface area contributed by atoms with Crippen molar-refractivity contribution < 1.29 is 8.42 Å². The first-order chi connectivity index (χ1) is 9.11. The molecule has 0 saturated carbocycles. The minimum atomic E-state index is -2.81. The highest BCUT2D eigenvalue weighted by molar-refractivity contribution is 9.09. The van der Waals surface area contributed by atoms with Gasteiger partial charge in [-0.1, -0.05) is 46.3 Å². The first kappa shape index (κ1) is 15.0.